The van der Waals surface area contributed by atoms with E-state index >= 15 is 0 Å². The smallest absolute Gasteiger partial charge is 0.241 e. The number of likely N-dealkylation sites (N-methyl/N-ethyl adjacent to an activating group) is 1. The standard InChI is InChI=1S/C12H23N3O2/c1-4-11-12(16)15(9(2)13-11)8-10-7-14(3)5-6-17-10/h9-11,13H,4-8H2,1-3H3. The van der Waals surface area contributed by atoms with Gasteiger partial charge in [-0.15, -0.1) is 0 Å². The lowest BCUT2D eigenvalue weighted by atomic mass is 10.2. The fraction of sp³-hybridized carbons (Fsp3) is 0.917. The maximum absolute atomic E-state index is 12.1. The van der Waals surface area contributed by atoms with E-state index in [4.69, 9.17) is 4.74 Å². The van der Waals surface area contributed by atoms with Crippen LogP contribution in [-0.2, 0) is 9.53 Å². The summed E-state index contributed by atoms with van der Waals surface area (Å²) in [6, 6.07) is -0.00804. The quantitative estimate of drug-likeness (QED) is 0.748. The van der Waals surface area contributed by atoms with Gasteiger partial charge in [0.25, 0.3) is 0 Å². The summed E-state index contributed by atoms with van der Waals surface area (Å²) in [5, 5.41) is 3.31. The summed E-state index contributed by atoms with van der Waals surface area (Å²) < 4.78 is 5.71. The summed E-state index contributed by atoms with van der Waals surface area (Å²) >= 11 is 0. The van der Waals surface area contributed by atoms with Gasteiger partial charge in [0.15, 0.2) is 0 Å². The van der Waals surface area contributed by atoms with E-state index in [0.29, 0.717) is 6.54 Å². The number of amides is 1. The first-order valence-electron chi connectivity index (χ1n) is 6.48. The molecule has 3 atom stereocenters. The lowest BCUT2D eigenvalue weighted by molar-refractivity contribution is -0.133. The molecule has 0 spiro atoms. The summed E-state index contributed by atoms with van der Waals surface area (Å²) in [4.78, 5) is 16.3. The molecule has 2 aliphatic rings. The van der Waals surface area contributed by atoms with Crippen LogP contribution in [-0.4, -0.2) is 67.3 Å². The average molecular weight is 241 g/mol. The van der Waals surface area contributed by atoms with E-state index in [1.807, 2.05) is 18.7 Å². The zero-order valence-electron chi connectivity index (χ0n) is 11.0. The Balaban J connectivity index is 1.91. The highest BCUT2D eigenvalue weighted by molar-refractivity contribution is 5.84. The van der Waals surface area contributed by atoms with Crippen molar-refractivity contribution in [2.24, 2.45) is 0 Å². The van der Waals surface area contributed by atoms with Gasteiger partial charge in [-0.2, -0.15) is 0 Å². The SMILES string of the molecule is CCC1NC(C)N(CC2CN(C)CCO2)C1=O. The van der Waals surface area contributed by atoms with Gasteiger partial charge in [-0.25, -0.2) is 0 Å². The molecule has 0 aliphatic carbocycles. The first-order valence-corrected chi connectivity index (χ1v) is 6.48. The van der Waals surface area contributed by atoms with Gasteiger partial charge in [-0.1, -0.05) is 6.92 Å². The van der Waals surface area contributed by atoms with Crippen molar-refractivity contribution in [2.75, 3.05) is 33.3 Å². The number of ether oxygens (including phenoxy) is 1. The molecule has 2 heterocycles. The molecule has 1 amide bonds. The van der Waals surface area contributed by atoms with E-state index in [1.54, 1.807) is 0 Å². The Bertz CT molecular complexity index is 285. The Morgan fingerprint density at radius 2 is 2.29 bits per heavy atom. The second kappa shape index (κ2) is 5.33. The topological polar surface area (TPSA) is 44.8 Å². The predicted octanol–water partition coefficient (Wildman–Crippen LogP) is -0.127. The average Bonchev–Trinajstić information content (AvgIpc) is 2.56. The van der Waals surface area contributed by atoms with Gasteiger partial charge in [0.2, 0.25) is 5.91 Å². The molecule has 1 N–H and O–H groups in total. The van der Waals surface area contributed by atoms with Crippen molar-refractivity contribution in [3.8, 4) is 0 Å². The number of morpholine rings is 1. The first kappa shape index (κ1) is 12.8. The van der Waals surface area contributed by atoms with E-state index in [1.165, 1.54) is 0 Å². The number of rotatable bonds is 3. The van der Waals surface area contributed by atoms with Crippen LogP contribution in [0, 0.1) is 0 Å². The second-order valence-electron chi connectivity index (χ2n) is 5.05. The molecule has 0 bridgehead atoms. The van der Waals surface area contributed by atoms with Crippen LogP contribution in [0.3, 0.4) is 0 Å². The lowest BCUT2D eigenvalue weighted by Gasteiger charge is -2.33. The normalized spacial score (nSPS) is 35.6. The van der Waals surface area contributed by atoms with Crippen molar-refractivity contribution in [1.29, 1.82) is 0 Å². The van der Waals surface area contributed by atoms with Crippen LogP contribution >= 0.6 is 0 Å². The van der Waals surface area contributed by atoms with Crippen molar-refractivity contribution in [2.45, 2.75) is 38.6 Å². The molecule has 98 valence electrons. The van der Waals surface area contributed by atoms with Crippen molar-refractivity contribution in [1.82, 2.24) is 15.1 Å². The number of hydrogen-bond acceptors (Lipinski definition) is 4. The fourth-order valence-corrected chi connectivity index (χ4v) is 2.58. The van der Waals surface area contributed by atoms with E-state index in [-0.39, 0.29) is 24.2 Å². The van der Waals surface area contributed by atoms with E-state index in [0.717, 1.165) is 26.1 Å². The molecule has 5 nitrogen and oxygen atoms in total. The van der Waals surface area contributed by atoms with Crippen LogP contribution in [0.25, 0.3) is 0 Å². The maximum atomic E-state index is 12.1. The summed E-state index contributed by atoms with van der Waals surface area (Å²) in [7, 11) is 2.10. The molecule has 0 saturated carbocycles. The number of hydrogen-bond donors (Lipinski definition) is 1. The molecule has 5 heteroatoms. The third-order valence-corrected chi connectivity index (χ3v) is 3.64. The number of nitrogens with zero attached hydrogens (tertiary/aromatic N) is 2. The molecule has 0 aromatic heterocycles. The largest absolute Gasteiger partial charge is 0.374 e. The zero-order chi connectivity index (χ0) is 12.4. The van der Waals surface area contributed by atoms with Crippen molar-refractivity contribution >= 4 is 5.91 Å². The summed E-state index contributed by atoms with van der Waals surface area (Å²) in [5.74, 6) is 0.219. The van der Waals surface area contributed by atoms with E-state index < -0.39 is 0 Å². The van der Waals surface area contributed by atoms with Crippen molar-refractivity contribution in [3.63, 3.8) is 0 Å². The number of carbonyl (C=O) groups excluding carboxylic acids is 1. The molecule has 0 aromatic carbocycles. The Morgan fingerprint density at radius 3 is 2.88 bits per heavy atom. The van der Waals surface area contributed by atoms with Crippen LogP contribution in [0.1, 0.15) is 20.3 Å². The van der Waals surface area contributed by atoms with E-state index in [9.17, 15) is 4.79 Å². The molecule has 0 aromatic rings. The van der Waals surface area contributed by atoms with Crippen molar-refractivity contribution in [3.05, 3.63) is 0 Å². The molecule has 17 heavy (non-hydrogen) atoms. The fourth-order valence-electron chi connectivity index (χ4n) is 2.58. The van der Waals surface area contributed by atoms with Gasteiger partial charge < -0.3 is 14.5 Å². The Labute approximate surface area is 103 Å². The molecular weight excluding hydrogens is 218 g/mol. The molecule has 2 fully saturated rings. The maximum Gasteiger partial charge on any atom is 0.241 e. The summed E-state index contributed by atoms with van der Waals surface area (Å²) in [5.41, 5.74) is 0. The Morgan fingerprint density at radius 1 is 1.53 bits per heavy atom. The molecule has 2 saturated heterocycles. The van der Waals surface area contributed by atoms with E-state index in [2.05, 4.69) is 17.3 Å². The third kappa shape index (κ3) is 2.78. The molecule has 0 radical (unpaired) electrons. The minimum atomic E-state index is -0.00804. The minimum absolute atomic E-state index is 0.00804. The Kier molecular flexibility index (Phi) is 4.01. The van der Waals surface area contributed by atoms with Crippen LogP contribution in [0.4, 0.5) is 0 Å². The third-order valence-electron chi connectivity index (χ3n) is 3.64. The summed E-state index contributed by atoms with van der Waals surface area (Å²) in [6.07, 6.45) is 1.13. The van der Waals surface area contributed by atoms with Crippen LogP contribution in [0.2, 0.25) is 0 Å². The van der Waals surface area contributed by atoms with Crippen LogP contribution in [0.5, 0.6) is 0 Å². The van der Waals surface area contributed by atoms with Crippen LogP contribution in [0.15, 0.2) is 0 Å². The first-order chi connectivity index (χ1) is 8.11. The number of carbonyl (C=O) groups is 1. The minimum Gasteiger partial charge on any atom is -0.374 e. The van der Waals surface area contributed by atoms with Gasteiger partial charge in [0.1, 0.15) is 0 Å². The highest BCUT2D eigenvalue weighted by Gasteiger charge is 2.36. The van der Waals surface area contributed by atoms with Gasteiger partial charge in [0, 0.05) is 19.6 Å². The molecule has 3 unspecified atom stereocenters. The molecular formula is C12H23N3O2. The summed E-state index contributed by atoms with van der Waals surface area (Å²) in [6.45, 7) is 7.44. The lowest BCUT2D eigenvalue weighted by Crippen LogP contribution is -2.48. The van der Waals surface area contributed by atoms with Gasteiger partial charge in [-0.3, -0.25) is 10.1 Å². The number of nitrogens with one attached hydrogen (secondary N) is 1. The molecule has 2 aliphatic heterocycles. The predicted molar refractivity (Wildman–Crippen MR) is 65.6 cm³/mol. The van der Waals surface area contributed by atoms with Crippen LogP contribution < -0.4 is 5.32 Å². The highest BCUT2D eigenvalue weighted by Crippen LogP contribution is 2.15. The van der Waals surface area contributed by atoms with Crippen molar-refractivity contribution < 1.29 is 9.53 Å². The second-order valence-corrected chi connectivity index (χ2v) is 5.05. The highest BCUT2D eigenvalue weighted by atomic mass is 16.5. The van der Waals surface area contributed by atoms with Gasteiger partial charge in [-0.05, 0) is 20.4 Å². The van der Waals surface area contributed by atoms with Gasteiger partial charge in [0.05, 0.1) is 24.9 Å². The molecule has 2 rings (SSSR count). The monoisotopic (exact) mass is 241 g/mol. The van der Waals surface area contributed by atoms with Gasteiger partial charge >= 0.3 is 0 Å². The zero-order valence-corrected chi connectivity index (χ0v) is 11.0. The Hall–Kier alpha value is -0.650.